The molecule has 1 aromatic heterocycles. The molecule has 0 bridgehead atoms. The van der Waals surface area contributed by atoms with E-state index in [2.05, 4.69) is 5.32 Å². The van der Waals surface area contributed by atoms with Crippen molar-refractivity contribution < 1.29 is 4.79 Å². The van der Waals surface area contributed by atoms with Gasteiger partial charge in [-0.05, 0) is 41.6 Å². The third kappa shape index (κ3) is 3.05. The summed E-state index contributed by atoms with van der Waals surface area (Å²) in [7, 11) is 0. The van der Waals surface area contributed by atoms with E-state index in [1.165, 1.54) is 11.3 Å². The van der Waals surface area contributed by atoms with Gasteiger partial charge in [0.15, 0.2) is 0 Å². The van der Waals surface area contributed by atoms with Gasteiger partial charge in [-0.25, -0.2) is 0 Å². The summed E-state index contributed by atoms with van der Waals surface area (Å²) in [6.07, 6.45) is 0. The Morgan fingerprint density at radius 1 is 1.39 bits per heavy atom. The fourth-order valence-electron chi connectivity index (χ4n) is 1.62. The van der Waals surface area contributed by atoms with Gasteiger partial charge in [-0.3, -0.25) is 4.79 Å². The summed E-state index contributed by atoms with van der Waals surface area (Å²) < 4.78 is 0. The van der Waals surface area contributed by atoms with E-state index >= 15 is 0 Å². The van der Waals surface area contributed by atoms with Gasteiger partial charge in [0, 0.05) is 16.6 Å². The van der Waals surface area contributed by atoms with Crippen LogP contribution < -0.4 is 5.32 Å². The minimum absolute atomic E-state index is 0.0876. The summed E-state index contributed by atoms with van der Waals surface area (Å²) in [5.74, 6) is -0.0876. The lowest BCUT2D eigenvalue weighted by atomic mass is 10.1. The summed E-state index contributed by atoms with van der Waals surface area (Å²) in [5.41, 5.74) is 1.87. The van der Waals surface area contributed by atoms with Crippen molar-refractivity contribution in [2.45, 2.75) is 13.5 Å². The molecular weight excluding hydrogens is 289 g/mol. The molecule has 94 valence electrons. The molecule has 0 saturated carbocycles. The molecule has 0 spiro atoms. The van der Waals surface area contributed by atoms with Crippen LogP contribution in [0.5, 0.6) is 0 Å². The van der Waals surface area contributed by atoms with Crippen LogP contribution in [0.3, 0.4) is 0 Å². The predicted molar refractivity (Wildman–Crippen MR) is 76.7 cm³/mol. The second-order valence-corrected chi connectivity index (χ2v) is 5.63. The first-order chi connectivity index (χ1) is 8.58. The maximum atomic E-state index is 11.8. The van der Waals surface area contributed by atoms with Gasteiger partial charge in [-0.1, -0.05) is 29.3 Å². The number of amides is 1. The molecule has 0 atom stereocenters. The molecule has 0 radical (unpaired) electrons. The Balaban J connectivity index is 2.09. The van der Waals surface area contributed by atoms with E-state index in [0.29, 0.717) is 21.5 Å². The van der Waals surface area contributed by atoms with Gasteiger partial charge in [0.25, 0.3) is 5.91 Å². The number of aryl methyl sites for hydroxylation is 1. The average Bonchev–Trinajstić information content (AvgIpc) is 2.80. The van der Waals surface area contributed by atoms with Crippen molar-refractivity contribution in [1.29, 1.82) is 0 Å². The van der Waals surface area contributed by atoms with Crippen molar-refractivity contribution in [1.82, 2.24) is 5.32 Å². The first-order valence-corrected chi connectivity index (χ1v) is 6.97. The topological polar surface area (TPSA) is 29.1 Å². The quantitative estimate of drug-likeness (QED) is 0.900. The molecule has 0 aliphatic rings. The van der Waals surface area contributed by atoms with Gasteiger partial charge in [-0.15, -0.1) is 11.3 Å². The third-order valence-electron chi connectivity index (χ3n) is 2.55. The average molecular weight is 300 g/mol. The Labute approximate surface area is 120 Å². The Morgan fingerprint density at radius 3 is 2.78 bits per heavy atom. The summed E-state index contributed by atoms with van der Waals surface area (Å²) in [5, 5.41) is 5.89. The van der Waals surface area contributed by atoms with Crippen LogP contribution in [0.25, 0.3) is 0 Å². The molecule has 18 heavy (non-hydrogen) atoms. The summed E-state index contributed by atoms with van der Waals surface area (Å²) in [6, 6.07) is 7.15. The number of benzene rings is 1. The van der Waals surface area contributed by atoms with Crippen molar-refractivity contribution >= 4 is 40.4 Å². The Kier molecular flexibility index (Phi) is 4.27. The SMILES string of the molecule is Cc1cc(Cl)cc(Cl)c1CNC(=O)c1cccs1. The van der Waals surface area contributed by atoms with E-state index in [4.69, 9.17) is 23.2 Å². The molecule has 1 amide bonds. The summed E-state index contributed by atoms with van der Waals surface area (Å²) in [6.45, 7) is 2.32. The molecule has 5 heteroatoms. The molecule has 0 unspecified atom stereocenters. The minimum Gasteiger partial charge on any atom is -0.347 e. The Morgan fingerprint density at radius 2 is 2.17 bits per heavy atom. The number of hydrogen-bond donors (Lipinski definition) is 1. The van der Waals surface area contributed by atoms with Gasteiger partial charge in [0.05, 0.1) is 4.88 Å². The van der Waals surface area contributed by atoms with E-state index in [1.54, 1.807) is 12.1 Å². The number of carbonyl (C=O) groups is 1. The van der Waals surface area contributed by atoms with Crippen molar-refractivity contribution in [3.8, 4) is 0 Å². The van der Waals surface area contributed by atoms with Crippen LogP contribution in [-0.4, -0.2) is 5.91 Å². The summed E-state index contributed by atoms with van der Waals surface area (Å²) >= 11 is 13.4. The van der Waals surface area contributed by atoms with E-state index in [0.717, 1.165) is 11.1 Å². The van der Waals surface area contributed by atoms with E-state index in [9.17, 15) is 4.79 Å². The lowest BCUT2D eigenvalue weighted by Crippen LogP contribution is -2.22. The molecule has 1 aromatic carbocycles. The van der Waals surface area contributed by atoms with Crippen LogP contribution >= 0.6 is 34.5 Å². The zero-order valence-electron chi connectivity index (χ0n) is 9.67. The Hall–Kier alpha value is -1.03. The highest BCUT2D eigenvalue weighted by atomic mass is 35.5. The first-order valence-electron chi connectivity index (χ1n) is 5.34. The molecule has 0 aliphatic carbocycles. The first kappa shape index (κ1) is 13.4. The monoisotopic (exact) mass is 299 g/mol. The van der Waals surface area contributed by atoms with Crippen molar-refractivity contribution in [3.05, 3.63) is 55.7 Å². The van der Waals surface area contributed by atoms with Gasteiger partial charge in [0.1, 0.15) is 0 Å². The molecule has 1 heterocycles. The van der Waals surface area contributed by atoms with Crippen LogP contribution in [0.4, 0.5) is 0 Å². The predicted octanol–water partition coefficient (Wildman–Crippen LogP) is 4.29. The highest BCUT2D eigenvalue weighted by Gasteiger charge is 2.10. The molecule has 0 aliphatic heterocycles. The lowest BCUT2D eigenvalue weighted by Gasteiger charge is -2.10. The maximum Gasteiger partial charge on any atom is 0.261 e. The largest absolute Gasteiger partial charge is 0.347 e. The van der Waals surface area contributed by atoms with Gasteiger partial charge < -0.3 is 5.32 Å². The third-order valence-corrected chi connectivity index (χ3v) is 3.98. The highest BCUT2D eigenvalue weighted by molar-refractivity contribution is 7.12. The van der Waals surface area contributed by atoms with Crippen molar-refractivity contribution in [2.24, 2.45) is 0 Å². The molecule has 2 rings (SSSR count). The lowest BCUT2D eigenvalue weighted by molar-refractivity contribution is 0.0955. The van der Waals surface area contributed by atoms with Crippen LogP contribution in [0, 0.1) is 6.92 Å². The number of hydrogen-bond acceptors (Lipinski definition) is 2. The minimum atomic E-state index is -0.0876. The van der Waals surface area contributed by atoms with Gasteiger partial charge >= 0.3 is 0 Å². The van der Waals surface area contributed by atoms with Crippen LogP contribution in [0.15, 0.2) is 29.6 Å². The van der Waals surface area contributed by atoms with Crippen LogP contribution in [0.2, 0.25) is 10.0 Å². The van der Waals surface area contributed by atoms with Crippen LogP contribution in [0.1, 0.15) is 20.8 Å². The van der Waals surface area contributed by atoms with E-state index in [1.807, 2.05) is 24.4 Å². The van der Waals surface area contributed by atoms with Gasteiger partial charge in [-0.2, -0.15) is 0 Å². The second kappa shape index (κ2) is 5.74. The Bertz CT molecular complexity index is 543. The number of carbonyl (C=O) groups excluding carboxylic acids is 1. The number of halogens is 2. The molecule has 0 saturated heterocycles. The molecular formula is C13H11Cl2NOS. The fraction of sp³-hybridized carbons (Fsp3) is 0.154. The smallest absolute Gasteiger partial charge is 0.261 e. The number of rotatable bonds is 3. The second-order valence-electron chi connectivity index (χ2n) is 3.84. The maximum absolute atomic E-state index is 11.8. The van der Waals surface area contributed by atoms with E-state index in [-0.39, 0.29) is 5.91 Å². The highest BCUT2D eigenvalue weighted by Crippen LogP contribution is 2.24. The number of thiophene rings is 1. The van der Waals surface area contributed by atoms with E-state index < -0.39 is 0 Å². The molecule has 0 fully saturated rings. The zero-order valence-corrected chi connectivity index (χ0v) is 12.0. The molecule has 1 N–H and O–H groups in total. The summed E-state index contributed by atoms with van der Waals surface area (Å²) in [4.78, 5) is 12.5. The molecule has 2 aromatic rings. The normalized spacial score (nSPS) is 10.4. The molecule has 2 nitrogen and oxygen atoms in total. The van der Waals surface area contributed by atoms with Crippen LogP contribution in [-0.2, 0) is 6.54 Å². The standard InChI is InChI=1S/C13H11Cl2NOS/c1-8-5-9(14)6-11(15)10(8)7-16-13(17)12-3-2-4-18-12/h2-6H,7H2,1H3,(H,16,17). The van der Waals surface area contributed by atoms with Crippen molar-refractivity contribution in [3.63, 3.8) is 0 Å². The zero-order chi connectivity index (χ0) is 13.1. The fourth-order valence-corrected chi connectivity index (χ4v) is 2.92. The number of nitrogens with one attached hydrogen (secondary N) is 1. The van der Waals surface area contributed by atoms with Crippen molar-refractivity contribution in [2.75, 3.05) is 0 Å². The van der Waals surface area contributed by atoms with Gasteiger partial charge in [0.2, 0.25) is 0 Å².